The number of hydrogen-bond acceptors (Lipinski definition) is 4. The van der Waals surface area contributed by atoms with Crippen LogP contribution in [0.1, 0.15) is 77.3 Å². The lowest BCUT2D eigenvalue weighted by Crippen LogP contribution is -2.51. The molecule has 1 N–H and O–H groups in total. The van der Waals surface area contributed by atoms with E-state index in [0.29, 0.717) is 18.1 Å². The number of Topliss-reactive ketones (excluding diaryl/α,β-unsaturated/α-hetero) is 1. The number of aromatic nitrogens is 2. The monoisotopic (exact) mass is 396 g/mol. The molecule has 158 valence electrons. The summed E-state index contributed by atoms with van der Waals surface area (Å²) < 4.78 is 0. The number of hydrogen-bond donors (Lipinski definition) is 1. The van der Waals surface area contributed by atoms with Gasteiger partial charge in [0.1, 0.15) is 5.78 Å². The molecular formula is C25H36N2O2. The van der Waals surface area contributed by atoms with Crippen molar-refractivity contribution >= 4 is 5.78 Å². The van der Waals surface area contributed by atoms with Crippen molar-refractivity contribution in [3.63, 3.8) is 0 Å². The van der Waals surface area contributed by atoms with Crippen molar-refractivity contribution in [2.75, 3.05) is 0 Å². The first-order valence-electron chi connectivity index (χ1n) is 11.9. The molecule has 0 unspecified atom stereocenters. The van der Waals surface area contributed by atoms with Crippen LogP contribution >= 0.6 is 0 Å². The lowest BCUT2D eigenvalue weighted by Gasteiger charge is -2.56. The van der Waals surface area contributed by atoms with Gasteiger partial charge in [-0.15, -0.1) is 0 Å². The van der Waals surface area contributed by atoms with Gasteiger partial charge in [-0.1, -0.05) is 6.92 Å². The molecule has 8 atom stereocenters. The van der Waals surface area contributed by atoms with Crippen molar-refractivity contribution in [2.45, 2.75) is 83.7 Å². The summed E-state index contributed by atoms with van der Waals surface area (Å²) in [5.74, 6) is 4.45. The number of rotatable bonds is 3. The van der Waals surface area contributed by atoms with Crippen molar-refractivity contribution in [1.29, 1.82) is 0 Å². The van der Waals surface area contributed by atoms with E-state index in [2.05, 4.69) is 16.9 Å². The minimum absolute atomic E-state index is 0.174. The third kappa shape index (κ3) is 3.36. The Balaban J connectivity index is 1.31. The van der Waals surface area contributed by atoms with Crippen LogP contribution in [0.5, 0.6) is 0 Å². The minimum atomic E-state index is -0.442. The first kappa shape index (κ1) is 19.7. The molecule has 4 heteroatoms. The van der Waals surface area contributed by atoms with Crippen molar-refractivity contribution in [3.8, 4) is 0 Å². The smallest absolute Gasteiger partial charge is 0.142 e. The summed E-state index contributed by atoms with van der Waals surface area (Å²) in [6.45, 7) is 4.47. The molecule has 0 saturated heterocycles. The predicted molar refractivity (Wildman–Crippen MR) is 112 cm³/mol. The zero-order valence-corrected chi connectivity index (χ0v) is 18.0. The molecule has 1 heterocycles. The van der Waals surface area contributed by atoms with Gasteiger partial charge in [-0.2, -0.15) is 0 Å². The highest BCUT2D eigenvalue weighted by Crippen LogP contribution is 2.64. The van der Waals surface area contributed by atoms with Crippen LogP contribution in [0.15, 0.2) is 18.6 Å². The van der Waals surface area contributed by atoms with E-state index >= 15 is 0 Å². The molecular weight excluding hydrogens is 360 g/mol. The molecule has 4 nitrogen and oxygen atoms in total. The second-order valence-electron chi connectivity index (χ2n) is 11.2. The van der Waals surface area contributed by atoms with Gasteiger partial charge in [-0.25, -0.2) is 0 Å². The highest BCUT2D eigenvalue weighted by Gasteiger charge is 2.58. The van der Waals surface area contributed by atoms with Crippen LogP contribution in [0.3, 0.4) is 0 Å². The van der Waals surface area contributed by atoms with Crippen LogP contribution in [-0.2, 0) is 11.2 Å². The van der Waals surface area contributed by atoms with Crippen LogP contribution in [0, 0.1) is 40.9 Å². The van der Waals surface area contributed by atoms with Crippen molar-refractivity contribution < 1.29 is 9.90 Å². The third-order valence-corrected chi connectivity index (χ3v) is 9.60. The van der Waals surface area contributed by atoms with E-state index in [0.717, 1.165) is 48.6 Å². The molecule has 4 saturated carbocycles. The van der Waals surface area contributed by atoms with Crippen LogP contribution in [0.2, 0.25) is 0 Å². The zero-order chi connectivity index (χ0) is 20.2. The Hall–Kier alpha value is -1.29. The largest absolute Gasteiger partial charge is 0.390 e. The first-order valence-corrected chi connectivity index (χ1v) is 11.9. The van der Waals surface area contributed by atoms with Gasteiger partial charge in [0.15, 0.2) is 0 Å². The molecule has 29 heavy (non-hydrogen) atoms. The molecule has 1 aromatic rings. The maximum atomic E-state index is 13.2. The number of aliphatic hydroxyl groups is 1. The Morgan fingerprint density at radius 3 is 2.66 bits per heavy atom. The molecule has 1 aromatic heterocycles. The average molecular weight is 397 g/mol. The summed E-state index contributed by atoms with van der Waals surface area (Å²) in [4.78, 5) is 21.7. The van der Waals surface area contributed by atoms with Gasteiger partial charge in [0.2, 0.25) is 0 Å². The Bertz CT molecular complexity index is 763. The molecule has 4 fully saturated rings. The van der Waals surface area contributed by atoms with Gasteiger partial charge in [-0.3, -0.25) is 14.8 Å². The van der Waals surface area contributed by atoms with Crippen molar-refractivity contribution in [3.05, 3.63) is 24.3 Å². The number of carbonyl (C=O) groups excluding carboxylic acids is 1. The summed E-state index contributed by atoms with van der Waals surface area (Å²) in [7, 11) is 0. The highest BCUT2D eigenvalue weighted by atomic mass is 16.3. The fraction of sp³-hybridized carbons (Fsp3) is 0.800. The second-order valence-corrected chi connectivity index (χ2v) is 11.2. The maximum absolute atomic E-state index is 13.2. The molecule has 4 aliphatic carbocycles. The Morgan fingerprint density at radius 2 is 1.86 bits per heavy atom. The van der Waals surface area contributed by atoms with Gasteiger partial charge in [-0.05, 0) is 99.7 Å². The van der Waals surface area contributed by atoms with E-state index in [9.17, 15) is 9.90 Å². The Morgan fingerprint density at radius 1 is 1.03 bits per heavy atom. The average Bonchev–Trinajstić information content (AvgIpc) is 3.05. The Labute approximate surface area is 174 Å². The summed E-state index contributed by atoms with van der Waals surface area (Å²) in [6, 6.07) is 0. The quantitative estimate of drug-likeness (QED) is 0.810. The Kier molecular flexibility index (Phi) is 4.84. The molecule has 0 radical (unpaired) electrons. The third-order valence-electron chi connectivity index (χ3n) is 9.60. The predicted octanol–water partition coefficient (Wildman–Crippen LogP) is 4.61. The fourth-order valence-electron chi connectivity index (χ4n) is 8.33. The van der Waals surface area contributed by atoms with Gasteiger partial charge in [0, 0.05) is 24.5 Å². The van der Waals surface area contributed by atoms with E-state index in [1.807, 2.05) is 6.92 Å². The number of ketones is 1. The molecule has 0 spiro atoms. The van der Waals surface area contributed by atoms with Crippen LogP contribution in [0.25, 0.3) is 0 Å². The fourth-order valence-corrected chi connectivity index (χ4v) is 8.33. The normalized spacial score (nSPS) is 46.4. The van der Waals surface area contributed by atoms with Crippen LogP contribution in [0.4, 0.5) is 0 Å². The van der Waals surface area contributed by atoms with Gasteiger partial charge < -0.3 is 5.11 Å². The zero-order valence-electron chi connectivity index (χ0n) is 18.0. The lowest BCUT2D eigenvalue weighted by molar-refractivity contribution is -0.131. The van der Waals surface area contributed by atoms with Crippen LogP contribution in [-0.4, -0.2) is 26.5 Å². The molecule has 0 aliphatic heterocycles. The van der Waals surface area contributed by atoms with Crippen molar-refractivity contribution in [1.82, 2.24) is 9.97 Å². The van der Waals surface area contributed by atoms with E-state index < -0.39 is 5.60 Å². The van der Waals surface area contributed by atoms with Gasteiger partial charge >= 0.3 is 0 Å². The first-order chi connectivity index (χ1) is 13.9. The SMILES string of the molecule is C[C@@]1(O)CC[C@H]2[C@H](CC[C@@H]3[C@@H]2CC[C@]2(C)[C@@H](C(=O)Cc4cnccn4)CC[C@@H]32)C1. The summed E-state index contributed by atoms with van der Waals surface area (Å²) in [6.07, 6.45) is 16.1. The highest BCUT2D eigenvalue weighted by molar-refractivity contribution is 5.84. The molecule has 5 rings (SSSR count). The van der Waals surface area contributed by atoms with E-state index in [4.69, 9.17) is 0 Å². The summed E-state index contributed by atoms with van der Waals surface area (Å²) >= 11 is 0. The van der Waals surface area contributed by atoms with E-state index in [-0.39, 0.29) is 11.3 Å². The van der Waals surface area contributed by atoms with E-state index in [1.54, 1.807) is 18.6 Å². The molecule has 0 amide bonds. The maximum Gasteiger partial charge on any atom is 0.142 e. The van der Waals surface area contributed by atoms with Gasteiger partial charge in [0.25, 0.3) is 0 Å². The summed E-state index contributed by atoms with van der Waals surface area (Å²) in [5.41, 5.74) is 0.545. The minimum Gasteiger partial charge on any atom is -0.390 e. The summed E-state index contributed by atoms with van der Waals surface area (Å²) in [5, 5.41) is 10.6. The second kappa shape index (κ2) is 7.14. The lowest BCUT2D eigenvalue weighted by atomic mass is 9.49. The number of fused-ring (bicyclic) bond motifs is 5. The topological polar surface area (TPSA) is 63.1 Å². The van der Waals surface area contributed by atoms with Gasteiger partial charge in [0.05, 0.1) is 17.7 Å². The molecule has 0 aromatic carbocycles. The van der Waals surface area contributed by atoms with Crippen molar-refractivity contribution in [2.24, 2.45) is 40.9 Å². The van der Waals surface area contributed by atoms with Crippen LogP contribution < -0.4 is 0 Å². The number of nitrogens with zero attached hydrogens (tertiary/aromatic N) is 2. The molecule has 0 bridgehead atoms. The number of carbonyl (C=O) groups is 1. The molecule has 4 aliphatic rings. The standard InChI is InChI=1S/C25H36N2O2/c1-24(29)9-7-18-16(14-24)3-4-20-19(18)8-10-25(2)21(20)5-6-22(25)23(28)13-17-15-26-11-12-27-17/h11-12,15-16,18-22,29H,3-10,13-14H2,1-2H3/t16-,18+,19-,20-,21+,22-,24-,25+/m1/s1. The van der Waals surface area contributed by atoms with E-state index in [1.165, 1.54) is 38.5 Å².